The van der Waals surface area contributed by atoms with Gasteiger partial charge in [-0.05, 0) is 36.5 Å². The molecule has 0 N–H and O–H groups in total. The largest absolute Gasteiger partial charge is 0.497 e. The SMILES string of the molecule is COc1cc(F)cc(C2(N3CCN(CC4CCCCC4)CC3)C(=O)c3ccccc3C2=O)c1. The standard InChI is InChI=1S/C27H31FN2O3/c1-33-22-16-20(15-21(28)17-22)27(25(31)23-9-5-6-10-24(23)26(27)32)30-13-11-29(12-14-30)18-19-7-3-2-4-8-19/h5-6,9-10,15-17,19H,2-4,7-8,11-14,18H2,1H3. The van der Waals surface area contributed by atoms with Gasteiger partial charge in [-0.25, -0.2) is 4.39 Å². The smallest absolute Gasteiger partial charge is 0.196 e. The highest BCUT2D eigenvalue weighted by Crippen LogP contribution is 2.44. The van der Waals surface area contributed by atoms with Crippen LogP contribution in [0.3, 0.4) is 0 Å². The number of ketones is 2. The summed E-state index contributed by atoms with van der Waals surface area (Å²) >= 11 is 0. The van der Waals surface area contributed by atoms with Gasteiger partial charge in [0.2, 0.25) is 0 Å². The molecule has 1 saturated carbocycles. The van der Waals surface area contributed by atoms with E-state index in [0.717, 1.165) is 25.6 Å². The van der Waals surface area contributed by atoms with Crippen LogP contribution in [0.2, 0.25) is 0 Å². The summed E-state index contributed by atoms with van der Waals surface area (Å²) in [7, 11) is 1.46. The summed E-state index contributed by atoms with van der Waals surface area (Å²) in [6.45, 7) is 3.83. The van der Waals surface area contributed by atoms with Crippen molar-refractivity contribution in [2.75, 3.05) is 39.8 Å². The number of fused-ring (bicyclic) bond motifs is 1. The van der Waals surface area contributed by atoms with Crippen LogP contribution in [0.15, 0.2) is 42.5 Å². The maximum Gasteiger partial charge on any atom is 0.196 e. The Hall–Kier alpha value is -2.57. The van der Waals surface area contributed by atoms with Gasteiger partial charge < -0.3 is 9.64 Å². The normalized spacial score (nSPS) is 21.9. The van der Waals surface area contributed by atoms with Gasteiger partial charge in [0.25, 0.3) is 0 Å². The highest BCUT2D eigenvalue weighted by Gasteiger charge is 2.58. The third kappa shape index (κ3) is 3.79. The first-order valence-corrected chi connectivity index (χ1v) is 12.0. The molecule has 1 heterocycles. The third-order valence-corrected chi connectivity index (χ3v) is 7.69. The molecule has 0 aromatic heterocycles. The molecule has 33 heavy (non-hydrogen) atoms. The Morgan fingerprint density at radius 1 is 0.939 bits per heavy atom. The van der Waals surface area contributed by atoms with Gasteiger partial charge in [0.1, 0.15) is 11.6 Å². The zero-order valence-electron chi connectivity index (χ0n) is 19.2. The highest BCUT2D eigenvalue weighted by atomic mass is 19.1. The summed E-state index contributed by atoms with van der Waals surface area (Å²) in [6.07, 6.45) is 6.56. The van der Waals surface area contributed by atoms with Gasteiger partial charge in [0.15, 0.2) is 17.1 Å². The topological polar surface area (TPSA) is 49.9 Å². The van der Waals surface area contributed by atoms with E-state index in [1.165, 1.54) is 51.3 Å². The molecule has 6 heteroatoms. The number of nitrogens with zero attached hydrogens (tertiary/aromatic N) is 2. The predicted octanol–water partition coefficient (Wildman–Crippen LogP) is 4.31. The summed E-state index contributed by atoms with van der Waals surface area (Å²) < 4.78 is 19.9. The van der Waals surface area contributed by atoms with Gasteiger partial charge in [0.05, 0.1) is 7.11 Å². The molecule has 0 radical (unpaired) electrons. The lowest BCUT2D eigenvalue weighted by molar-refractivity contribution is 0.0255. The van der Waals surface area contributed by atoms with E-state index in [-0.39, 0.29) is 11.6 Å². The van der Waals surface area contributed by atoms with Crippen LogP contribution in [-0.2, 0) is 5.54 Å². The van der Waals surface area contributed by atoms with E-state index in [4.69, 9.17) is 4.74 Å². The molecule has 5 nitrogen and oxygen atoms in total. The molecular formula is C27H31FN2O3. The van der Waals surface area contributed by atoms with Crippen LogP contribution in [0.1, 0.15) is 58.4 Å². The van der Waals surface area contributed by atoms with E-state index in [0.29, 0.717) is 35.5 Å². The Morgan fingerprint density at radius 2 is 1.58 bits per heavy atom. The molecular weight excluding hydrogens is 419 g/mol. The van der Waals surface area contributed by atoms with Gasteiger partial charge in [0, 0.05) is 49.9 Å². The summed E-state index contributed by atoms with van der Waals surface area (Å²) in [6, 6.07) is 11.2. The Bertz CT molecular complexity index is 1020. The van der Waals surface area contributed by atoms with Gasteiger partial charge >= 0.3 is 0 Å². The van der Waals surface area contributed by atoms with Crippen LogP contribution in [0.4, 0.5) is 4.39 Å². The summed E-state index contributed by atoms with van der Waals surface area (Å²) in [5.41, 5.74) is -0.368. The predicted molar refractivity (Wildman–Crippen MR) is 124 cm³/mol. The Kier molecular flexibility index (Phi) is 6.06. The van der Waals surface area contributed by atoms with Crippen molar-refractivity contribution in [1.82, 2.24) is 9.80 Å². The average Bonchev–Trinajstić information content (AvgIpc) is 3.07. The first kappa shape index (κ1) is 22.2. The van der Waals surface area contributed by atoms with Crippen LogP contribution in [0.5, 0.6) is 5.75 Å². The van der Waals surface area contributed by atoms with Crippen LogP contribution in [0.25, 0.3) is 0 Å². The highest BCUT2D eigenvalue weighted by molar-refractivity contribution is 6.32. The molecule has 1 aliphatic heterocycles. The lowest BCUT2D eigenvalue weighted by Gasteiger charge is -2.44. The fraction of sp³-hybridized carbons (Fsp3) is 0.481. The maximum absolute atomic E-state index is 14.6. The van der Waals surface area contributed by atoms with Crippen molar-refractivity contribution in [2.45, 2.75) is 37.6 Å². The Morgan fingerprint density at radius 3 is 2.18 bits per heavy atom. The maximum atomic E-state index is 14.6. The molecule has 2 aromatic carbocycles. The summed E-state index contributed by atoms with van der Waals surface area (Å²) in [5.74, 6) is -0.00760. The Balaban J connectivity index is 1.48. The fourth-order valence-corrected chi connectivity index (χ4v) is 5.99. The van der Waals surface area contributed by atoms with Crippen LogP contribution in [-0.4, -0.2) is 61.2 Å². The number of carbonyl (C=O) groups is 2. The molecule has 0 atom stereocenters. The zero-order valence-corrected chi connectivity index (χ0v) is 19.2. The lowest BCUT2D eigenvalue weighted by Crippen LogP contribution is -2.60. The second kappa shape index (κ2) is 8.99. The molecule has 2 aliphatic carbocycles. The minimum Gasteiger partial charge on any atom is -0.497 e. The molecule has 0 amide bonds. The number of carbonyl (C=O) groups excluding carboxylic acids is 2. The number of piperazine rings is 1. The van der Waals surface area contributed by atoms with Gasteiger partial charge in [-0.15, -0.1) is 0 Å². The monoisotopic (exact) mass is 450 g/mol. The molecule has 1 saturated heterocycles. The Labute approximate surface area is 194 Å². The molecule has 174 valence electrons. The number of ether oxygens (including phenoxy) is 1. The lowest BCUT2D eigenvalue weighted by atomic mass is 9.82. The third-order valence-electron chi connectivity index (χ3n) is 7.69. The molecule has 0 unspecified atom stereocenters. The van der Waals surface area contributed by atoms with Crippen LogP contribution in [0, 0.1) is 11.7 Å². The van der Waals surface area contributed by atoms with Crippen molar-refractivity contribution >= 4 is 11.6 Å². The van der Waals surface area contributed by atoms with Gasteiger partial charge in [-0.1, -0.05) is 43.5 Å². The van der Waals surface area contributed by atoms with Gasteiger partial charge in [-0.3, -0.25) is 14.5 Å². The number of hydrogen-bond acceptors (Lipinski definition) is 5. The van der Waals surface area contributed by atoms with E-state index in [9.17, 15) is 14.0 Å². The van der Waals surface area contributed by atoms with Crippen LogP contribution < -0.4 is 4.74 Å². The van der Waals surface area contributed by atoms with Crippen molar-refractivity contribution < 1.29 is 18.7 Å². The van der Waals surface area contributed by atoms with E-state index >= 15 is 0 Å². The molecule has 0 spiro atoms. The van der Waals surface area contributed by atoms with E-state index in [1.54, 1.807) is 30.3 Å². The van der Waals surface area contributed by atoms with E-state index in [2.05, 4.69) is 4.90 Å². The second-order valence-electron chi connectivity index (χ2n) is 9.59. The number of benzene rings is 2. The first-order chi connectivity index (χ1) is 16.0. The molecule has 2 aromatic rings. The number of methoxy groups -OCH3 is 1. The minimum absolute atomic E-state index is 0.267. The van der Waals surface area contributed by atoms with Crippen molar-refractivity contribution in [3.8, 4) is 5.75 Å². The molecule has 0 bridgehead atoms. The quantitative estimate of drug-likeness (QED) is 0.636. The van der Waals surface area contributed by atoms with Crippen molar-refractivity contribution in [2.24, 2.45) is 5.92 Å². The summed E-state index contributed by atoms with van der Waals surface area (Å²) in [4.78, 5) is 32.2. The van der Waals surface area contributed by atoms with Crippen molar-refractivity contribution in [1.29, 1.82) is 0 Å². The number of rotatable bonds is 5. The number of Topliss-reactive ketones (excluding diaryl/α,β-unsaturated/α-hetero) is 2. The van der Waals surface area contributed by atoms with Crippen LogP contribution >= 0.6 is 0 Å². The molecule has 5 rings (SSSR count). The first-order valence-electron chi connectivity index (χ1n) is 12.0. The molecule has 3 aliphatic rings. The molecule has 2 fully saturated rings. The average molecular weight is 451 g/mol. The fourth-order valence-electron chi connectivity index (χ4n) is 5.99. The minimum atomic E-state index is -1.55. The van der Waals surface area contributed by atoms with E-state index < -0.39 is 11.4 Å². The van der Waals surface area contributed by atoms with Gasteiger partial charge in [-0.2, -0.15) is 0 Å². The zero-order chi connectivity index (χ0) is 23.0. The van der Waals surface area contributed by atoms with Crippen molar-refractivity contribution in [3.63, 3.8) is 0 Å². The van der Waals surface area contributed by atoms with E-state index in [1.807, 2.05) is 4.90 Å². The second-order valence-corrected chi connectivity index (χ2v) is 9.59. The van der Waals surface area contributed by atoms with Crippen molar-refractivity contribution in [3.05, 3.63) is 65.0 Å². The number of hydrogen-bond donors (Lipinski definition) is 0. The number of halogens is 1. The summed E-state index contributed by atoms with van der Waals surface area (Å²) in [5, 5.41) is 0.